The number of para-hydroxylation sites is 2. The van der Waals surface area contributed by atoms with Crippen molar-refractivity contribution in [3.05, 3.63) is 59.7 Å². The first-order chi connectivity index (χ1) is 14.6. The van der Waals surface area contributed by atoms with Crippen molar-refractivity contribution < 1.29 is 14.3 Å². The molecule has 6 nitrogen and oxygen atoms in total. The molecule has 1 aliphatic heterocycles. The highest BCUT2D eigenvalue weighted by Crippen LogP contribution is 2.21. The van der Waals surface area contributed by atoms with E-state index in [0.717, 1.165) is 38.8 Å². The van der Waals surface area contributed by atoms with E-state index in [1.54, 1.807) is 30.3 Å². The van der Waals surface area contributed by atoms with E-state index in [0.29, 0.717) is 29.2 Å². The normalized spacial score (nSPS) is 13.8. The number of thiocarbonyl (C=S) groups is 1. The molecule has 1 fully saturated rings. The number of amides is 2. The third-order valence-electron chi connectivity index (χ3n) is 4.96. The maximum atomic E-state index is 13.1. The molecule has 1 heterocycles. The van der Waals surface area contributed by atoms with Crippen molar-refractivity contribution in [2.24, 2.45) is 0 Å². The van der Waals surface area contributed by atoms with Crippen LogP contribution in [0.5, 0.6) is 5.75 Å². The van der Waals surface area contributed by atoms with Gasteiger partial charge in [0.1, 0.15) is 5.75 Å². The number of likely N-dealkylation sites (tertiary alicyclic amines) is 1. The van der Waals surface area contributed by atoms with Crippen molar-refractivity contribution in [2.75, 3.05) is 25.0 Å². The van der Waals surface area contributed by atoms with E-state index in [4.69, 9.17) is 17.0 Å². The summed E-state index contributed by atoms with van der Waals surface area (Å²) in [4.78, 5) is 27.6. The number of anilines is 1. The summed E-state index contributed by atoms with van der Waals surface area (Å²) in [5.74, 6) is 0.112. The largest absolute Gasteiger partial charge is 0.493 e. The first-order valence-corrected chi connectivity index (χ1v) is 10.7. The number of benzene rings is 2. The van der Waals surface area contributed by atoms with Gasteiger partial charge in [0, 0.05) is 13.1 Å². The minimum Gasteiger partial charge on any atom is -0.493 e. The molecular weight excluding hydrogens is 398 g/mol. The minimum absolute atomic E-state index is 0.0178. The Kier molecular flexibility index (Phi) is 7.79. The minimum atomic E-state index is -0.368. The van der Waals surface area contributed by atoms with Crippen molar-refractivity contribution in [2.45, 2.75) is 32.6 Å². The number of carbonyl (C=O) groups excluding carboxylic acids is 2. The van der Waals surface area contributed by atoms with Gasteiger partial charge in [0.15, 0.2) is 5.11 Å². The molecule has 2 aromatic rings. The van der Waals surface area contributed by atoms with Gasteiger partial charge in [-0.05, 0) is 56.2 Å². The zero-order valence-corrected chi connectivity index (χ0v) is 18.0. The van der Waals surface area contributed by atoms with E-state index < -0.39 is 0 Å². The lowest BCUT2D eigenvalue weighted by atomic mass is 10.1. The SMILES string of the molecule is CCOc1ccccc1C(=O)NC(=S)Nc1ccccc1C(=O)N1CCCCCC1. The second-order valence-corrected chi connectivity index (χ2v) is 7.50. The van der Waals surface area contributed by atoms with Crippen molar-refractivity contribution in [3.63, 3.8) is 0 Å². The summed E-state index contributed by atoms with van der Waals surface area (Å²) in [5, 5.41) is 5.81. The van der Waals surface area contributed by atoms with Gasteiger partial charge in [-0.3, -0.25) is 14.9 Å². The van der Waals surface area contributed by atoms with Crippen molar-refractivity contribution in [1.29, 1.82) is 0 Å². The van der Waals surface area contributed by atoms with Gasteiger partial charge in [0.2, 0.25) is 0 Å². The fourth-order valence-electron chi connectivity index (χ4n) is 3.48. The molecule has 1 saturated heterocycles. The van der Waals surface area contributed by atoms with E-state index in [1.807, 2.05) is 30.0 Å². The van der Waals surface area contributed by atoms with Crippen LogP contribution in [0, 0.1) is 0 Å². The molecule has 0 saturated carbocycles. The third kappa shape index (κ3) is 5.57. The monoisotopic (exact) mass is 425 g/mol. The Morgan fingerprint density at radius 2 is 1.60 bits per heavy atom. The maximum absolute atomic E-state index is 13.1. The quantitative estimate of drug-likeness (QED) is 0.702. The zero-order chi connectivity index (χ0) is 21.3. The standard InChI is InChI=1S/C23H27N3O3S/c1-2-29-20-14-8-6-12-18(20)21(27)25-23(30)24-19-13-7-5-11-17(19)22(28)26-15-9-3-4-10-16-26/h5-8,11-14H,2-4,9-10,15-16H2,1H3,(H2,24,25,27,30). The summed E-state index contributed by atoms with van der Waals surface area (Å²) in [6.07, 6.45) is 4.36. The highest BCUT2D eigenvalue weighted by atomic mass is 32.1. The van der Waals surface area contributed by atoms with Gasteiger partial charge in [-0.15, -0.1) is 0 Å². The smallest absolute Gasteiger partial charge is 0.261 e. The lowest BCUT2D eigenvalue weighted by molar-refractivity contribution is 0.0762. The van der Waals surface area contributed by atoms with Crippen molar-refractivity contribution in [1.82, 2.24) is 10.2 Å². The van der Waals surface area contributed by atoms with Gasteiger partial charge in [0.25, 0.3) is 11.8 Å². The molecule has 7 heteroatoms. The van der Waals surface area contributed by atoms with E-state index in [-0.39, 0.29) is 16.9 Å². The Hall–Kier alpha value is -2.93. The molecule has 158 valence electrons. The van der Waals surface area contributed by atoms with Crippen LogP contribution in [-0.4, -0.2) is 41.5 Å². The van der Waals surface area contributed by atoms with Crippen LogP contribution >= 0.6 is 12.2 Å². The van der Waals surface area contributed by atoms with E-state index in [1.165, 1.54) is 0 Å². The summed E-state index contributed by atoms with van der Waals surface area (Å²) < 4.78 is 5.51. The molecular formula is C23H27N3O3S. The Labute approximate surface area is 182 Å². The number of hydrogen-bond donors (Lipinski definition) is 2. The van der Waals surface area contributed by atoms with Crippen LogP contribution in [0.1, 0.15) is 53.3 Å². The van der Waals surface area contributed by atoms with E-state index >= 15 is 0 Å². The molecule has 3 rings (SSSR count). The Balaban J connectivity index is 1.70. The number of nitrogens with one attached hydrogen (secondary N) is 2. The van der Waals surface area contributed by atoms with Gasteiger partial charge in [0.05, 0.1) is 23.4 Å². The fourth-order valence-corrected chi connectivity index (χ4v) is 3.68. The Bertz CT molecular complexity index is 908. The fraction of sp³-hybridized carbons (Fsp3) is 0.348. The molecule has 0 aromatic heterocycles. The first-order valence-electron chi connectivity index (χ1n) is 10.3. The molecule has 0 aliphatic carbocycles. The summed E-state index contributed by atoms with van der Waals surface area (Å²) in [6.45, 7) is 3.85. The second-order valence-electron chi connectivity index (χ2n) is 7.09. The number of rotatable bonds is 5. The highest BCUT2D eigenvalue weighted by Gasteiger charge is 2.21. The molecule has 0 atom stereocenters. The van der Waals surface area contributed by atoms with Crippen LogP contribution in [0.15, 0.2) is 48.5 Å². The van der Waals surface area contributed by atoms with Gasteiger partial charge in [-0.1, -0.05) is 37.1 Å². The average Bonchev–Trinajstić information content (AvgIpc) is 3.04. The van der Waals surface area contributed by atoms with Gasteiger partial charge in [-0.25, -0.2) is 0 Å². The predicted octanol–water partition coefficient (Wildman–Crippen LogP) is 4.23. The molecule has 2 aromatic carbocycles. The Morgan fingerprint density at radius 1 is 0.967 bits per heavy atom. The van der Waals surface area contributed by atoms with E-state index in [2.05, 4.69) is 10.6 Å². The first kappa shape index (κ1) is 21.8. The van der Waals surface area contributed by atoms with Gasteiger partial charge >= 0.3 is 0 Å². The Morgan fingerprint density at radius 3 is 2.30 bits per heavy atom. The summed E-state index contributed by atoms with van der Waals surface area (Å²) in [7, 11) is 0. The molecule has 2 N–H and O–H groups in total. The lowest BCUT2D eigenvalue weighted by Gasteiger charge is -2.22. The summed E-state index contributed by atoms with van der Waals surface area (Å²) >= 11 is 5.34. The molecule has 30 heavy (non-hydrogen) atoms. The predicted molar refractivity (Wildman–Crippen MR) is 122 cm³/mol. The molecule has 1 aliphatic rings. The summed E-state index contributed by atoms with van der Waals surface area (Å²) in [6, 6.07) is 14.2. The van der Waals surface area contributed by atoms with Gasteiger partial charge in [-0.2, -0.15) is 0 Å². The van der Waals surface area contributed by atoms with Crippen LogP contribution in [0.4, 0.5) is 5.69 Å². The van der Waals surface area contributed by atoms with Crippen LogP contribution < -0.4 is 15.4 Å². The molecule has 0 spiro atoms. The van der Waals surface area contributed by atoms with Gasteiger partial charge < -0.3 is 15.0 Å². The van der Waals surface area contributed by atoms with Crippen molar-refractivity contribution in [3.8, 4) is 5.75 Å². The van der Waals surface area contributed by atoms with Crippen LogP contribution in [0.2, 0.25) is 0 Å². The van der Waals surface area contributed by atoms with Crippen LogP contribution in [0.25, 0.3) is 0 Å². The summed E-state index contributed by atoms with van der Waals surface area (Å²) in [5.41, 5.74) is 1.53. The number of nitrogens with zero attached hydrogens (tertiary/aromatic N) is 1. The third-order valence-corrected chi connectivity index (χ3v) is 5.16. The maximum Gasteiger partial charge on any atom is 0.261 e. The lowest BCUT2D eigenvalue weighted by Crippen LogP contribution is -2.36. The van der Waals surface area contributed by atoms with Crippen LogP contribution in [-0.2, 0) is 0 Å². The highest BCUT2D eigenvalue weighted by molar-refractivity contribution is 7.80. The average molecular weight is 426 g/mol. The number of carbonyl (C=O) groups is 2. The van der Waals surface area contributed by atoms with E-state index in [9.17, 15) is 9.59 Å². The molecule has 0 bridgehead atoms. The molecule has 0 radical (unpaired) electrons. The number of ether oxygens (including phenoxy) is 1. The van der Waals surface area contributed by atoms with Crippen molar-refractivity contribution >= 4 is 34.8 Å². The van der Waals surface area contributed by atoms with Crippen LogP contribution in [0.3, 0.4) is 0 Å². The molecule has 2 amide bonds. The molecule has 0 unspecified atom stereocenters. The number of hydrogen-bond acceptors (Lipinski definition) is 4. The zero-order valence-electron chi connectivity index (χ0n) is 17.1. The second kappa shape index (κ2) is 10.7. The topological polar surface area (TPSA) is 70.7 Å².